The van der Waals surface area contributed by atoms with E-state index in [4.69, 9.17) is 33.3 Å². The Morgan fingerprint density at radius 1 is 1.30 bits per heavy atom. The third kappa shape index (κ3) is 4.66. The highest BCUT2D eigenvalue weighted by Crippen LogP contribution is 2.34. The van der Waals surface area contributed by atoms with Crippen LogP contribution in [0.5, 0.6) is 17.2 Å². The summed E-state index contributed by atoms with van der Waals surface area (Å²) >= 11 is 11.3. The number of nitrogens with zero attached hydrogens (tertiary/aromatic N) is 3. The number of aromatic nitrogens is 3. The number of benzene rings is 2. The maximum Gasteiger partial charge on any atom is 0.216 e. The van der Waals surface area contributed by atoms with E-state index < -0.39 is 0 Å². The molecule has 1 aromatic heterocycles. The second-order valence-corrected chi connectivity index (χ2v) is 6.18. The van der Waals surface area contributed by atoms with Crippen LogP contribution in [0.1, 0.15) is 18.3 Å². The van der Waals surface area contributed by atoms with Crippen LogP contribution in [0.3, 0.4) is 0 Å². The first-order valence-corrected chi connectivity index (χ1v) is 8.91. The molecule has 0 spiro atoms. The molecule has 0 unspecified atom stereocenters. The van der Waals surface area contributed by atoms with Crippen LogP contribution in [-0.2, 0) is 6.61 Å². The average molecular weight is 405 g/mol. The zero-order chi connectivity index (χ0) is 19.2. The zero-order valence-electron chi connectivity index (χ0n) is 14.4. The summed E-state index contributed by atoms with van der Waals surface area (Å²) in [4.78, 5) is 0. The molecule has 3 aromatic rings. The molecular weight excluding hydrogens is 388 g/mol. The fourth-order valence-electron chi connectivity index (χ4n) is 2.26. The number of rotatable bonds is 7. The Morgan fingerprint density at radius 2 is 2.07 bits per heavy atom. The number of hydrogen-bond acceptors (Lipinski definition) is 6. The second-order valence-electron chi connectivity index (χ2n) is 5.39. The van der Waals surface area contributed by atoms with Crippen LogP contribution < -0.4 is 9.47 Å². The first-order chi connectivity index (χ1) is 13.1. The fourth-order valence-corrected chi connectivity index (χ4v) is 2.68. The van der Waals surface area contributed by atoms with E-state index in [2.05, 4.69) is 15.3 Å². The third-order valence-electron chi connectivity index (χ3n) is 3.50. The number of aromatic amines is 1. The van der Waals surface area contributed by atoms with Crippen LogP contribution in [0.25, 0.3) is 0 Å². The Morgan fingerprint density at radius 3 is 2.81 bits per heavy atom. The number of aromatic hydroxyl groups is 1. The van der Waals surface area contributed by atoms with Gasteiger partial charge < -0.3 is 14.6 Å². The van der Waals surface area contributed by atoms with Crippen molar-refractivity contribution in [2.45, 2.75) is 13.5 Å². The van der Waals surface area contributed by atoms with Crippen LogP contribution in [0.4, 0.5) is 0 Å². The molecule has 0 fully saturated rings. The van der Waals surface area contributed by atoms with Gasteiger partial charge in [0.25, 0.3) is 0 Å². The standard InChI is InChI=1S/C18H17ClN4O3S/c1-2-25-15-9-12(8-14(19)17(15)24)10-20-23-16(21-22-18(23)27)11-26-13-6-4-3-5-7-13/h3-10,24H,2,11H2,1H3,(H,22,27)/b20-10-. The zero-order valence-corrected chi connectivity index (χ0v) is 16.0. The molecule has 0 amide bonds. The summed E-state index contributed by atoms with van der Waals surface area (Å²) in [7, 11) is 0. The van der Waals surface area contributed by atoms with Crippen LogP contribution in [0, 0.1) is 4.77 Å². The average Bonchev–Trinajstić information content (AvgIpc) is 3.03. The van der Waals surface area contributed by atoms with E-state index in [1.807, 2.05) is 37.3 Å². The Bertz CT molecular complexity index is 1000. The first-order valence-electron chi connectivity index (χ1n) is 8.12. The number of nitrogens with one attached hydrogen (secondary N) is 1. The molecule has 7 nitrogen and oxygen atoms in total. The van der Waals surface area contributed by atoms with Crippen molar-refractivity contribution in [3.63, 3.8) is 0 Å². The van der Waals surface area contributed by atoms with Crippen molar-refractivity contribution in [1.82, 2.24) is 14.9 Å². The smallest absolute Gasteiger partial charge is 0.216 e. The molecule has 9 heteroatoms. The van der Waals surface area contributed by atoms with Gasteiger partial charge in [-0.2, -0.15) is 14.9 Å². The summed E-state index contributed by atoms with van der Waals surface area (Å²) in [6.45, 7) is 2.41. The largest absolute Gasteiger partial charge is 0.503 e. The van der Waals surface area contributed by atoms with Gasteiger partial charge >= 0.3 is 0 Å². The van der Waals surface area contributed by atoms with Gasteiger partial charge in [0.2, 0.25) is 4.77 Å². The number of H-pyrrole nitrogens is 1. The fraction of sp³-hybridized carbons (Fsp3) is 0.167. The highest BCUT2D eigenvalue weighted by molar-refractivity contribution is 7.71. The number of phenols is 1. The molecule has 1 heterocycles. The molecule has 0 radical (unpaired) electrons. The normalized spacial score (nSPS) is 11.0. The minimum atomic E-state index is -0.104. The van der Waals surface area contributed by atoms with E-state index in [9.17, 15) is 5.11 Å². The maximum absolute atomic E-state index is 9.92. The number of halogens is 1. The summed E-state index contributed by atoms with van der Waals surface area (Å²) in [5.41, 5.74) is 0.638. The Hall–Kier alpha value is -2.84. The molecule has 2 N–H and O–H groups in total. The molecule has 0 aliphatic heterocycles. The predicted octanol–water partition coefficient (Wildman–Crippen LogP) is 4.16. The monoisotopic (exact) mass is 404 g/mol. The molecule has 0 saturated heterocycles. The summed E-state index contributed by atoms with van der Waals surface area (Å²) in [6, 6.07) is 12.6. The summed E-state index contributed by atoms with van der Waals surface area (Å²) in [5.74, 6) is 1.41. The molecule has 0 aliphatic carbocycles. The molecule has 0 aliphatic rings. The van der Waals surface area contributed by atoms with Gasteiger partial charge in [-0.25, -0.2) is 5.10 Å². The van der Waals surface area contributed by atoms with E-state index in [1.165, 1.54) is 4.68 Å². The number of para-hydroxylation sites is 1. The van der Waals surface area contributed by atoms with Gasteiger partial charge in [0.1, 0.15) is 12.4 Å². The van der Waals surface area contributed by atoms with Gasteiger partial charge in [-0.05, 0) is 49.0 Å². The molecule has 140 valence electrons. The van der Waals surface area contributed by atoms with Crippen molar-refractivity contribution in [1.29, 1.82) is 0 Å². The van der Waals surface area contributed by atoms with Crippen molar-refractivity contribution in [3.05, 3.63) is 63.6 Å². The van der Waals surface area contributed by atoms with Crippen LogP contribution in [-0.4, -0.2) is 32.8 Å². The van der Waals surface area contributed by atoms with Gasteiger partial charge in [0.05, 0.1) is 17.8 Å². The Balaban J connectivity index is 1.81. The second kappa shape index (κ2) is 8.70. The van der Waals surface area contributed by atoms with Crippen LogP contribution in [0.15, 0.2) is 47.6 Å². The molecule has 2 aromatic carbocycles. The molecule has 0 saturated carbocycles. The predicted molar refractivity (Wildman–Crippen MR) is 105 cm³/mol. The Kier molecular flexibility index (Phi) is 6.10. The van der Waals surface area contributed by atoms with E-state index in [0.29, 0.717) is 28.5 Å². The van der Waals surface area contributed by atoms with Crippen LogP contribution >= 0.6 is 23.8 Å². The highest BCUT2D eigenvalue weighted by Gasteiger charge is 2.10. The quantitative estimate of drug-likeness (QED) is 0.456. The van der Waals surface area contributed by atoms with Crippen molar-refractivity contribution in [3.8, 4) is 17.2 Å². The molecule has 3 rings (SSSR count). The van der Waals surface area contributed by atoms with Crippen molar-refractivity contribution < 1.29 is 14.6 Å². The van der Waals surface area contributed by atoms with Gasteiger partial charge in [-0.1, -0.05) is 29.8 Å². The van der Waals surface area contributed by atoms with Gasteiger partial charge in [0.15, 0.2) is 17.3 Å². The summed E-state index contributed by atoms with van der Waals surface area (Å²) in [6.07, 6.45) is 1.55. The lowest BCUT2D eigenvalue weighted by Gasteiger charge is -2.08. The minimum absolute atomic E-state index is 0.104. The number of hydrogen-bond donors (Lipinski definition) is 2. The van der Waals surface area contributed by atoms with Crippen molar-refractivity contribution in [2.24, 2.45) is 5.10 Å². The van der Waals surface area contributed by atoms with Crippen LogP contribution in [0.2, 0.25) is 5.02 Å². The topological polar surface area (TPSA) is 84.7 Å². The first kappa shape index (κ1) is 18.9. The lowest BCUT2D eigenvalue weighted by molar-refractivity contribution is 0.290. The SMILES string of the molecule is CCOc1cc(/C=N\n2c(COc3ccccc3)n[nH]c2=S)cc(Cl)c1O. The Labute approximate surface area is 165 Å². The van der Waals surface area contributed by atoms with Crippen molar-refractivity contribution in [2.75, 3.05) is 6.61 Å². The molecule has 0 atom stereocenters. The molecular formula is C18H17ClN4O3S. The van der Waals surface area contributed by atoms with E-state index in [-0.39, 0.29) is 23.1 Å². The van der Waals surface area contributed by atoms with Gasteiger partial charge in [-0.3, -0.25) is 0 Å². The summed E-state index contributed by atoms with van der Waals surface area (Å²) < 4.78 is 12.8. The van der Waals surface area contributed by atoms with E-state index in [1.54, 1.807) is 18.3 Å². The lowest BCUT2D eigenvalue weighted by Crippen LogP contribution is -2.04. The highest BCUT2D eigenvalue weighted by atomic mass is 35.5. The maximum atomic E-state index is 9.92. The summed E-state index contributed by atoms with van der Waals surface area (Å²) in [5, 5.41) is 21.3. The molecule has 27 heavy (non-hydrogen) atoms. The molecule has 0 bridgehead atoms. The minimum Gasteiger partial charge on any atom is -0.503 e. The van der Waals surface area contributed by atoms with Crippen molar-refractivity contribution >= 4 is 30.0 Å². The number of phenolic OH excluding ortho intramolecular Hbond substituents is 1. The van der Waals surface area contributed by atoms with Gasteiger partial charge in [0, 0.05) is 0 Å². The van der Waals surface area contributed by atoms with E-state index in [0.717, 1.165) is 0 Å². The van der Waals surface area contributed by atoms with Gasteiger partial charge in [-0.15, -0.1) is 0 Å². The number of ether oxygens (including phenoxy) is 2. The van der Waals surface area contributed by atoms with E-state index >= 15 is 0 Å². The third-order valence-corrected chi connectivity index (χ3v) is 4.05. The lowest BCUT2D eigenvalue weighted by atomic mass is 10.2.